The number of pyridine rings is 1. The molecule has 13 heavy (non-hydrogen) atoms. The SMILES string of the molecule is COc1cnc(CCCN)c(Cl)c1. The Morgan fingerprint density at radius 2 is 2.38 bits per heavy atom. The lowest BCUT2D eigenvalue weighted by Crippen LogP contribution is -2.02. The van der Waals surface area contributed by atoms with Gasteiger partial charge in [0.25, 0.3) is 0 Å². The molecule has 3 nitrogen and oxygen atoms in total. The lowest BCUT2D eigenvalue weighted by Gasteiger charge is -2.04. The molecule has 1 heterocycles. The quantitative estimate of drug-likeness (QED) is 0.804. The molecule has 0 amide bonds. The minimum absolute atomic E-state index is 0.646. The van der Waals surface area contributed by atoms with Crippen LogP contribution in [0.25, 0.3) is 0 Å². The Balaban J connectivity index is 2.73. The van der Waals surface area contributed by atoms with Crippen molar-refractivity contribution in [2.45, 2.75) is 12.8 Å². The van der Waals surface area contributed by atoms with Crippen molar-refractivity contribution in [2.75, 3.05) is 13.7 Å². The lowest BCUT2D eigenvalue weighted by molar-refractivity contribution is 0.412. The summed E-state index contributed by atoms with van der Waals surface area (Å²) in [5.41, 5.74) is 6.27. The average molecular weight is 201 g/mol. The van der Waals surface area contributed by atoms with Gasteiger partial charge in [-0.25, -0.2) is 0 Å². The number of aryl methyl sites for hydroxylation is 1. The summed E-state index contributed by atoms with van der Waals surface area (Å²) in [4.78, 5) is 4.17. The molecular weight excluding hydrogens is 188 g/mol. The van der Waals surface area contributed by atoms with Gasteiger partial charge in [-0.1, -0.05) is 11.6 Å². The van der Waals surface area contributed by atoms with E-state index < -0.39 is 0 Å². The maximum Gasteiger partial charge on any atom is 0.138 e. The van der Waals surface area contributed by atoms with Crippen molar-refractivity contribution in [3.8, 4) is 5.75 Å². The van der Waals surface area contributed by atoms with Crippen LogP contribution in [0.15, 0.2) is 12.3 Å². The maximum atomic E-state index is 5.96. The number of nitrogens with zero attached hydrogens (tertiary/aromatic N) is 1. The monoisotopic (exact) mass is 200 g/mol. The molecule has 0 spiro atoms. The van der Waals surface area contributed by atoms with Crippen molar-refractivity contribution < 1.29 is 4.74 Å². The highest BCUT2D eigenvalue weighted by Gasteiger charge is 2.02. The Morgan fingerprint density at radius 1 is 1.62 bits per heavy atom. The van der Waals surface area contributed by atoms with Gasteiger partial charge >= 0.3 is 0 Å². The van der Waals surface area contributed by atoms with E-state index in [-0.39, 0.29) is 0 Å². The molecule has 0 saturated heterocycles. The lowest BCUT2D eigenvalue weighted by atomic mass is 10.2. The second kappa shape index (κ2) is 5.04. The summed E-state index contributed by atoms with van der Waals surface area (Å²) in [6.45, 7) is 0.657. The molecule has 0 aliphatic heterocycles. The standard InChI is InChI=1S/C9H13ClN2O/c1-13-7-5-8(10)9(12-6-7)3-2-4-11/h5-6H,2-4,11H2,1H3. The first-order valence-corrected chi connectivity index (χ1v) is 4.54. The van der Waals surface area contributed by atoms with E-state index in [0.717, 1.165) is 18.5 Å². The zero-order valence-corrected chi connectivity index (χ0v) is 8.34. The molecule has 72 valence electrons. The molecule has 0 unspecified atom stereocenters. The molecule has 0 bridgehead atoms. The fourth-order valence-electron chi connectivity index (χ4n) is 1.01. The van der Waals surface area contributed by atoms with E-state index in [1.54, 1.807) is 19.4 Å². The average Bonchev–Trinajstić information content (AvgIpc) is 2.16. The summed E-state index contributed by atoms with van der Waals surface area (Å²) in [7, 11) is 1.59. The number of hydrogen-bond donors (Lipinski definition) is 1. The van der Waals surface area contributed by atoms with Crippen LogP contribution in [0.3, 0.4) is 0 Å². The largest absolute Gasteiger partial charge is 0.495 e. The Labute approximate surface area is 82.9 Å². The number of halogens is 1. The first kappa shape index (κ1) is 10.3. The number of ether oxygens (including phenoxy) is 1. The number of rotatable bonds is 4. The normalized spacial score (nSPS) is 10.1. The van der Waals surface area contributed by atoms with Crippen LogP contribution in [0, 0.1) is 0 Å². The Morgan fingerprint density at radius 3 is 2.92 bits per heavy atom. The van der Waals surface area contributed by atoms with Gasteiger partial charge < -0.3 is 10.5 Å². The smallest absolute Gasteiger partial charge is 0.138 e. The molecule has 1 aromatic rings. The van der Waals surface area contributed by atoms with Crippen LogP contribution in [-0.2, 0) is 6.42 Å². The van der Waals surface area contributed by atoms with Crippen molar-refractivity contribution >= 4 is 11.6 Å². The van der Waals surface area contributed by atoms with E-state index in [1.807, 2.05) is 0 Å². The van der Waals surface area contributed by atoms with Crippen LogP contribution in [0.5, 0.6) is 5.75 Å². The molecule has 4 heteroatoms. The van der Waals surface area contributed by atoms with E-state index in [0.29, 0.717) is 17.3 Å². The fourth-order valence-corrected chi connectivity index (χ4v) is 1.26. The molecule has 0 saturated carbocycles. The Hall–Kier alpha value is -0.800. The molecule has 2 N–H and O–H groups in total. The van der Waals surface area contributed by atoms with Gasteiger partial charge in [0.15, 0.2) is 0 Å². The van der Waals surface area contributed by atoms with Crippen molar-refractivity contribution in [3.05, 3.63) is 23.0 Å². The second-order valence-corrected chi connectivity index (χ2v) is 3.10. The summed E-state index contributed by atoms with van der Waals surface area (Å²) in [6, 6.07) is 1.76. The van der Waals surface area contributed by atoms with Crippen LogP contribution < -0.4 is 10.5 Å². The van der Waals surface area contributed by atoms with E-state index in [1.165, 1.54) is 0 Å². The van der Waals surface area contributed by atoms with Crippen LogP contribution in [0.1, 0.15) is 12.1 Å². The number of hydrogen-bond acceptors (Lipinski definition) is 3. The predicted octanol–water partition coefficient (Wildman–Crippen LogP) is 1.63. The van der Waals surface area contributed by atoms with Gasteiger partial charge in [-0.2, -0.15) is 0 Å². The van der Waals surface area contributed by atoms with Crippen LogP contribution in [-0.4, -0.2) is 18.6 Å². The van der Waals surface area contributed by atoms with Crippen molar-refractivity contribution in [2.24, 2.45) is 5.73 Å². The van der Waals surface area contributed by atoms with E-state index in [2.05, 4.69) is 4.98 Å². The van der Waals surface area contributed by atoms with Crippen LogP contribution in [0.4, 0.5) is 0 Å². The molecular formula is C9H13ClN2O. The number of aromatic nitrogens is 1. The minimum Gasteiger partial charge on any atom is -0.495 e. The van der Waals surface area contributed by atoms with Crippen LogP contribution >= 0.6 is 11.6 Å². The van der Waals surface area contributed by atoms with Gasteiger partial charge in [-0.15, -0.1) is 0 Å². The molecule has 0 aromatic carbocycles. The van der Waals surface area contributed by atoms with E-state index in [4.69, 9.17) is 22.1 Å². The first-order valence-electron chi connectivity index (χ1n) is 4.16. The minimum atomic E-state index is 0.646. The van der Waals surface area contributed by atoms with Gasteiger partial charge in [0.2, 0.25) is 0 Å². The Bertz CT molecular complexity index is 278. The third-order valence-corrected chi connectivity index (χ3v) is 2.07. The third-order valence-electron chi connectivity index (χ3n) is 1.75. The van der Waals surface area contributed by atoms with Crippen molar-refractivity contribution in [3.63, 3.8) is 0 Å². The number of methoxy groups -OCH3 is 1. The predicted molar refractivity (Wildman–Crippen MR) is 53.2 cm³/mol. The highest BCUT2D eigenvalue weighted by atomic mass is 35.5. The summed E-state index contributed by atoms with van der Waals surface area (Å²) >= 11 is 5.96. The zero-order chi connectivity index (χ0) is 9.68. The molecule has 0 aliphatic carbocycles. The van der Waals surface area contributed by atoms with Crippen molar-refractivity contribution in [1.29, 1.82) is 0 Å². The van der Waals surface area contributed by atoms with Gasteiger partial charge in [-0.3, -0.25) is 4.98 Å². The third kappa shape index (κ3) is 2.86. The molecule has 0 atom stereocenters. The maximum absolute atomic E-state index is 5.96. The second-order valence-electron chi connectivity index (χ2n) is 2.70. The van der Waals surface area contributed by atoms with E-state index in [9.17, 15) is 0 Å². The number of nitrogens with two attached hydrogens (primary N) is 1. The molecule has 0 fully saturated rings. The van der Waals surface area contributed by atoms with Gasteiger partial charge in [0, 0.05) is 6.07 Å². The van der Waals surface area contributed by atoms with Crippen LogP contribution in [0.2, 0.25) is 5.02 Å². The zero-order valence-electron chi connectivity index (χ0n) is 7.59. The molecule has 1 rings (SSSR count). The molecule has 0 radical (unpaired) electrons. The molecule has 1 aromatic heterocycles. The summed E-state index contributed by atoms with van der Waals surface area (Å²) < 4.78 is 4.98. The van der Waals surface area contributed by atoms with Gasteiger partial charge in [0.1, 0.15) is 5.75 Å². The topological polar surface area (TPSA) is 48.1 Å². The van der Waals surface area contributed by atoms with Gasteiger partial charge in [0.05, 0.1) is 24.0 Å². The fraction of sp³-hybridized carbons (Fsp3) is 0.444. The van der Waals surface area contributed by atoms with Crippen molar-refractivity contribution in [1.82, 2.24) is 4.98 Å². The summed E-state index contributed by atoms with van der Waals surface area (Å²) in [5, 5.41) is 0.646. The molecule has 0 aliphatic rings. The van der Waals surface area contributed by atoms with Gasteiger partial charge in [-0.05, 0) is 19.4 Å². The Kier molecular flexibility index (Phi) is 3.99. The summed E-state index contributed by atoms with van der Waals surface area (Å²) in [6.07, 6.45) is 3.39. The summed E-state index contributed by atoms with van der Waals surface area (Å²) in [5.74, 6) is 0.682. The highest BCUT2D eigenvalue weighted by Crippen LogP contribution is 2.20. The highest BCUT2D eigenvalue weighted by molar-refractivity contribution is 6.31. The van der Waals surface area contributed by atoms with E-state index >= 15 is 0 Å². The first-order chi connectivity index (χ1) is 6.27.